The smallest absolute Gasteiger partial charge is 0.325 e. The third kappa shape index (κ3) is 5.21. The van der Waals surface area contributed by atoms with Crippen LogP contribution in [-0.4, -0.2) is 30.4 Å². The van der Waals surface area contributed by atoms with E-state index in [1.807, 2.05) is 19.1 Å². The van der Waals surface area contributed by atoms with Gasteiger partial charge in [0.25, 0.3) is 0 Å². The average Bonchev–Trinajstić information content (AvgIpc) is 2.95. The average molecular weight is 299 g/mol. The minimum absolute atomic E-state index is 0.198. The van der Waals surface area contributed by atoms with Gasteiger partial charge in [-0.25, -0.2) is 0 Å². The number of methoxy groups -OCH3 is 1. The maximum absolute atomic E-state index is 12.0. The summed E-state index contributed by atoms with van der Waals surface area (Å²) in [4.78, 5) is 12.0. The van der Waals surface area contributed by atoms with Gasteiger partial charge in [-0.05, 0) is 38.4 Å². The molecule has 2 atom stereocenters. The number of esters is 1. The van der Waals surface area contributed by atoms with E-state index in [1.165, 1.54) is 7.11 Å². The van der Waals surface area contributed by atoms with Gasteiger partial charge in [0, 0.05) is 5.25 Å². The summed E-state index contributed by atoms with van der Waals surface area (Å²) in [6, 6.07) is 3.86. The van der Waals surface area contributed by atoms with Crippen LogP contribution in [0.2, 0.25) is 0 Å². The highest BCUT2D eigenvalue weighted by atomic mass is 32.2. The van der Waals surface area contributed by atoms with E-state index in [4.69, 9.17) is 9.15 Å². The first-order valence-electron chi connectivity index (χ1n) is 6.99. The van der Waals surface area contributed by atoms with Crippen molar-refractivity contribution < 1.29 is 13.9 Å². The molecule has 0 aliphatic heterocycles. The molecule has 0 aliphatic rings. The van der Waals surface area contributed by atoms with Crippen molar-refractivity contribution in [3.63, 3.8) is 0 Å². The van der Waals surface area contributed by atoms with Gasteiger partial charge in [-0.3, -0.25) is 4.79 Å². The van der Waals surface area contributed by atoms with Gasteiger partial charge in [0.15, 0.2) is 0 Å². The van der Waals surface area contributed by atoms with Crippen LogP contribution < -0.4 is 5.32 Å². The van der Waals surface area contributed by atoms with Gasteiger partial charge in [0.05, 0.1) is 19.1 Å². The van der Waals surface area contributed by atoms with Crippen molar-refractivity contribution in [3.05, 3.63) is 24.2 Å². The van der Waals surface area contributed by atoms with E-state index in [9.17, 15) is 4.79 Å². The molecule has 0 aliphatic carbocycles. The largest absolute Gasteiger partial charge is 0.468 e. The van der Waals surface area contributed by atoms with Gasteiger partial charge in [-0.2, -0.15) is 11.8 Å². The molecule has 0 bridgehead atoms. The monoisotopic (exact) mass is 299 g/mol. The normalized spacial score (nSPS) is 15.6. The molecule has 1 N–H and O–H groups in total. The Labute approximate surface area is 125 Å². The Bertz CT molecular complexity index is 394. The fraction of sp³-hybridized carbons (Fsp3) is 0.667. The molecule has 0 aromatic carbocycles. The van der Waals surface area contributed by atoms with E-state index in [-0.39, 0.29) is 5.97 Å². The fourth-order valence-corrected chi connectivity index (χ4v) is 3.17. The topological polar surface area (TPSA) is 51.5 Å². The summed E-state index contributed by atoms with van der Waals surface area (Å²) in [6.45, 7) is 6.93. The second-order valence-electron chi connectivity index (χ2n) is 5.16. The molecule has 1 heterocycles. The van der Waals surface area contributed by atoms with Crippen molar-refractivity contribution in [1.29, 1.82) is 0 Å². The zero-order chi connectivity index (χ0) is 15.0. The number of hydrogen-bond donors (Lipinski definition) is 1. The number of thioether (sulfide) groups is 1. The van der Waals surface area contributed by atoms with Crippen molar-refractivity contribution in [2.75, 3.05) is 13.7 Å². The highest BCUT2D eigenvalue weighted by molar-refractivity contribution is 7.99. The van der Waals surface area contributed by atoms with Gasteiger partial charge in [-0.1, -0.05) is 13.8 Å². The number of carbonyl (C=O) groups is 1. The second-order valence-corrected chi connectivity index (χ2v) is 6.58. The van der Waals surface area contributed by atoms with Gasteiger partial charge in [-0.15, -0.1) is 0 Å². The summed E-state index contributed by atoms with van der Waals surface area (Å²) in [7, 11) is 1.44. The summed E-state index contributed by atoms with van der Waals surface area (Å²) in [5, 5.41) is 3.64. The van der Waals surface area contributed by atoms with Gasteiger partial charge in [0.1, 0.15) is 11.3 Å². The quantitative estimate of drug-likeness (QED) is 0.710. The Balaban J connectivity index is 2.52. The molecule has 0 amide bonds. The van der Waals surface area contributed by atoms with Crippen molar-refractivity contribution in [1.82, 2.24) is 5.32 Å². The predicted octanol–water partition coefficient (Wildman–Crippen LogP) is 3.22. The number of hydrogen-bond acceptors (Lipinski definition) is 5. The molecule has 0 fully saturated rings. The summed E-state index contributed by atoms with van der Waals surface area (Å²) >= 11 is 1.78. The molecular weight excluding hydrogens is 274 g/mol. The number of ether oxygens (including phenoxy) is 1. The molecule has 1 aromatic rings. The van der Waals surface area contributed by atoms with E-state index in [2.05, 4.69) is 19.2 Å². The SMILES string of the molecule is CCCNC(C)(CC(C)SCc1ccco1)C(=O)OC. The molecule has 5 heteroatoms. The van der Waals surface area contributed by atoms with Gasteiger partial charge in [0.2, 0.25) is 0 Å². The van der Waals surface area contributed by atoms with Crippen LogP contribution in [0.4, 0.5) is 0 Å². The van der Waals surface area contributed by atoms with Crippen molar-refractivity contribution in [2.24, 2.45) is 0 Å². The highest BCUT2D eigenvalue weighted by Crippen LogP contribution is 2.26. The third-order valence-corrected chi connectivity index (χ3v) is 4.37. The van der Waals surface area contributed by atoms with Crippen LogP contribution in [0, 0.1) is 0 Å². The zero-order valence-electron chi connectivity index (χ0n) is 12.8. The number of carbonyl (C=O) groups excluding carboxylic acids is 1. The molecule has 1 rings (SSSR count). The molecule has 0 spiro atoms. The van der Waals surface area contributed by atoms with Crippen LogP contribution in [0.3, 0.4) is 0 Å². The lowest BCUT2D eigenvalue weighted by Crippen LogP contribution is -2.51. The van der Waals surface area contributed by atoms with E-state index in [0.717, 1.165) is 30.9 Å². The predicted molar refractivity (Wildman–Crippen MR) is 82.8 cm³/mol. The summed E-state index contributed by atoms with van der Waals surface area (Å²) in [6.07, 6.45) is 3.40. The van der Waals surface area contributed by atoms with Crippen LogP contribution in [0.15, 0.2) is 22.8 Å². The molecule has 1 aromatic heterocycles. The Morgan fingerprint density at radius 3 is 2.90 bits per heavy atom. The maximum Gasteiger partial charge on any atom is 0.325 e. The lowest BCUT2D eigenvalue weighted by atomic mass is 9.96. The number of nitrogens with one attached hydrogen (secondary N) is 1. The first-order chi connectivity index (χ1) is 9.51. The van der Waals surface area contributed by atoms with Crippen LogP contribution in [-0.2, 0) is 15.3 Å². The molecule has 0 saturated carbocycles. The lowest BCUT2D eigenvalue weighted by Gasteiger charge is -2.30. The molecule has 0 radical (unpaired) electrons. The first kappa shape index (κ1) is 17.1. The van der Waals surface area contributed by atoms with E-state index in [0.29, 0.717) is 5.25 Å². The first-order valence-corrected chi connectivity index (χ1v) is 8.04. The number of rotatable bonds is 9. The molecular formula is C15H25NO3S. The Morgan fingerprint density at radius 2 is 2.35 bits per heavy atom. The van der Waals surface area contributed by atoms with Crippen LogP contribution in [0.1, 0.15) is 39.4 Å². The van der Waals surface area contributed by atoms with Crippen molar-refractivity contribution >= 4 is 17.7 Å². The minimum Gasteiger partial charge on any atom is -0.468 e. The van der Waals surface area contributed by atoms with Crippen LogP contribution >= 0.6 is 11.8 Å². The van der Waals surface area contributed by atoms with E-state index in [1.54, 1.807) is 18.0 Å². The van der Waals surface area contributed by atoms with Crippen LogP contribution in [0.5, 0.6) is 0 Å². The van der Waals surface area contributed by atoms with Crippen molar-refractivity contribution in [2.45, 2.75) is 50.2 Å². The third-order valence-electron chi connectivity index (χ3n) is 3.19. The maximum atomic E-state index is 12.0. The fourth-order valence-electron chi connectivity index (χ4n) is 2.11. The molecule has 0 saturated heterocycles. The molecule has 20 heavy (non-hydrogen) atoms. The molecule has 114 valence electrons. The summed E-state index contributed by atoms with van der Waals surface area (Å²) in [5.74, 6) is 1.58. The molecule has 4 nitrogen and oxygen atoms in total. The Hall–Kier alpha value is -0.940. The Morgan fingerprint density at radius 1 is 1.60 bits per heavy atom. The van der Waals surface area contributed by atoms with E-state index < -0.39 is 5.54 Å². The summed E-state index contributed by atoms with van der Waals surface area (Å²) in [5.41, 5.74) is -0.625. The summed E-state index contributed by atoms with van der Waals surface area (Å²) < 4.78 is 10.3. The van der Waals surface area contributed by atoms with Gasteiger partial charge >= 0.3 is 5.97 Å². The Kier molecular flexibility index (Phi) is 7.16. The minimum atomic E-state index is -0.625. The van der Waals surface area contributed by atoms with Crippen LogP contribution in [0.25, 0.3) is 0 Å². The second kappa shape index (κ2) is 8.37. The highest BCUT2D eigenvalue weighted by Gasteiger charge is 2.35. The van der Waals surface area contributed by atoms with Gasteiger partial charge < -0.3 is 14.5 Å². The number of furan rings is 1. The molecule has 2 unspecified atom stereocenters. The van der Waals surface area contributed by atoms with E-state index >= 15 is 0 Å². The standard InChI is InChI=1S/C15H25NO3S/c1-5-8-16-15(3,14(17)18-4)10-12(2)20-11-13-7-6-9-19-13/h6-7,9,12,16H,5,8,10-11H2,1-4H3. The zero-order valence-corrected chi connectivity index (χ0v) is 13.6. The van der Waals surface area contributed by atoms with Crippen molar-refractivity contribution in [3.8, 4) is 0 Å². The lowest BCUT2D eigenvalue weighted by molar-refractivity contribution is -0.148.